The molecule has 2 rings (SSSR count). The van der Waals surface area contributed by atoms with E-state index in [1.54, 1.807) is 0 Å². The lowest BCUT2D eigenvalue weighted by atomic mass is 9.79. The molecule has 11 heavy (non-hydrogen) atoms. The van der Waals surface area contributed by atoms with Gasteiger partial charge in [-0.1, -0.05) is 0 Å². The third kappa shape index (κ3) is 0.751. The maximum Gasteiger partial charge on any atom is 0.407 e. The summed E-state index contributed by atoms with van der Waals surface area (Å²) in [6.45, 7) is 0.538. The number of hydrogen-bond acceptors (Lipinski definition) is 2. The summed E-state index contributed by atoms with van der Waals surface area (Å²) in [5.41, 5.74) is 0. The fourth-order valence-corrected chi connectivity index (χ4v) is 1.94. The first-order chi connectivity index (χ1) is 5.20. The molecule has 1 amide bonds. The summed E-state index contributed by atoms with van der Waals surface area (Å²) in [7, 11) is 0. The van der Waals surface area contributed by atoms with Crippen LogP contribution in [0.3, 0.4) is 0 Å². The fraction of sp³-hybridized carbons (Fsp3) is 0.714. The molecule has 4 nitrogen and oxygen atoms in total. The summed E-state index contributed by atoms with van der Waals surface area (Å²) in [5, 5.41) is 8.63. The van der Waals surface area contributed by atoms with Crippen molar-refractivity contribution in [3.05, 3.63) is 0 Å². The van der Waals surface area contributed by atoms with Crippen LogP contribution in [0.15, 0.2) is 0 Å². The molecule has 0 aromatic heterocycles. The van der Waals surface area contributed by atoms with Crippen molar-refractivity contribution in [2.45, 2.75) is 18.9 Å². The first kappa shape index (κ1) is 6.64. The van der Waals surface area contributed by atoms with E-state index in [0.29, 0.717) is 18.9 Å². The quantitative estimate of drug-likeness (QED) is 0.548. The third-order valence-corrected chi connectivity index (χ3v) is 2.56. The molecule has 2 unspecified atom stereocenters. The molecule has 0 radical (unpaired) electrons. The second-order valence-corrected chi connectivity index (χ2v) is 3.14. The molecule has 0 aromatic carbocycles. The van der Waals surface area contributed by atoms with Crippen LogP contribution in [0.1, 0.15) is 12.8 Å². The van der Waals surface area contributed by atoms with Crippen molar-refractivity contribution in [2.24, 2.45) is 5.92 Å². The molecule has 1 aliphatic carbocycles. The monoisotopic (exact) mass is 155 g/mol. The van der Waals surface area contributed by atoms with Crippen LogP contribution in [0.2, 0.25) is 0 Å². The normalized spacial score (nSPS) is 34.9. The molecular weight excluding hydrogens is 146 g/mol. The molecule has 1 N–H and O–H groups in total. The zero-order valence-corrected chi connectivity index (χ0v) is 5.99. The summed E-state index contributed by atoms with van der Waals surface area (Å²) < 4.78 is 0. The molecule has 1 aliphatic heterocycles. The van der Waals surface area contributed by atoms with Crippen LogP contribution >= 0.6 is 0 Å². The van der Waals surface area contributed by atoms with E-state index in [1.807, 2.05) is 0 Å². The van der Waals surface area contributed by atoms with Crippen molar-refractivity contribution in [2.75, 3.05) is 6.54 Å². The van der Waals surface area contributed by atoms with Crippen LogP contribution in [0.4, 0.5) is 4.79 Å². The van der Waals surface area contributed by atoms with Crippen LogP contribution in [0.25, 0.3) is 0 Å². The maximum absolute atomic E-state index is 10.9. The van der Waals surface area contributed by atoms with E-state index in [1.165, 1.54) is 4.90 Å². The maximum atomic E-state index is 10.9. The van der Waals surface area contributed by atoms with Gasteiger partial charge in [0.25, 0.3) is 0 Å². The van der Waals surface area contributed by atoms with Gasteiger partial charge in [-0.15, -0.1) is 0 Å². The highest BCUT2D eigenvalue weighted by Gasteiger charge is 2.49. The number of likely N-dealkylation sites (tertiary alicyclic amines) is 1. The van der Waals surface area contributed by atoms with Crippen molar-refractivity contribution in [1.29, 1.82) is 0 Å². The smallest absolute Gasteiger partial charge is 0.407 e. The molecule has 60 valence electrons. The zero-order chi connectivity index (χ0) is 8.01. The number of ketones is 1. The van der Waals surface area contributed by atoms with E-state index in [2.05, 4.69) is 0 Å². The Morgan fingerprint density at radius 2 is 2.36 bits per heavy atom. The van der Waals surface area contributed by atoms with Gasteiger partial charge >= 0.3 is 6.09 Å². The molecule has 1 heterocycles. The van der Waals surface area contributed by atoms with Crippen molar-refractivity contribution < 1.29 is 14.7 Å². The van der Waals surface area contributed by atoms with Crippen molar-refractivity contribution in [3.8, 4) is 0 Å². The average molecular weight is 155 g/mol. The van der Waals surface area contributed by atoms with Crippen LogP contribution in [-0.2, 0) is 4.79 Å². The lowest BCUT2D eigenvalue weighted by Gasteiger charge is -2.32. The number of rotatable bonds is 0. The second-order valence-electron chi connectivity index (χ2n) is 3.14. The first-order valence-electron chi connectivity index (χ1n) is 3.72. The Morgan fingerprint density at radius 1 is 1.64 bits per heavy atom. The van der Waals surface area contributed by atoms with E-state index in [9.17, 15) is 9.59 Å². The van der Waals surface area contributed by atoms with Gasteiger partial charge in [0.15, 0.2) is 5.78 Å². The van der Waals surface area contributed by atoms with Crippen LogP contribution in [0.5, 0.6) is 0 Å². The highest BCUT2D eigenvalue weighted by molar-refractivity contribution is 5.93. The van der Waals surface area contributed by atoms with Crippen molar-refractivity contribution in [3.63, 3.8) is 0 Å². The topological polar surface area (TPSA) is 57.6 Å². The zero-order valence-electron chi connectivity index (χ0n) is 5.99. The lowest BCUT2D eigenvalue weighted by Crippen LogP contribution is -2.49. The molecule has 1 saturated heterocycles. The Bertz CT molecular complexity index is 218. The summed E-state index contributed by atoms with van der Waals surface area (Å²) in [6, 6.07) is -0.285. The van der Waals surface area contributed by atoms with Gasteiger partial charge in [-0.2, -0.15) is 0 Å². The Hall–Kier alpha value is -1.06. The van der Waals surface area contributed by atoms with Crippen LogP contribution < -0.4 is 0 Å². The van der Waals surface area contributed by atoms with E-state index in [0.717, 1.165) is 6.42 Å². The van der Waals surface area contributed by atoms with E-state index < -0.39 is 6.09 Å². The molecule has 2 atom stereocenters. The largest absolute Gasteiger partial charge is 0.465 e. The Morgan fingerprint density at radius 3 is 2.82 bits per heavy atom. The van der Waals surface area contributed by atoms with Gasteiger partial charge in [-0.25, -0.2) is 4.79 Å². The number of carbonyl (C=O) groups excluding carboxylic acids is 1. The molecular formula is C7H9NO3. The van der Waals surface area contributed by atoms with Crippen molar-refractivity contribution >= 4 is 11.9 Å². The number of nitrogens with zero attached hydrogens (tertiary/aromatic N) is 1. The first-order valence-corrected chi connectivity index (χ1v) is 3.72. The number of carbonyl (C=O) groups is 2. The summed E-state index contributed by atoms with van der Waals surface area (Å²) in [6.07, 6.45) is 0.502. The number of Topliss-reactive ketones (excluding diaryl/α,β-unsaturated/α-hetero) is 1. The number of fused-ring (bicyclic) bond motifs is 1. The number of hydrogen-bond donors (Lipinski definition) is 1. The number of amides is 1. The fourth-order valence-electron chi connectivity index (χ4n) is 1.94. The SMILES string of the molecule is O=C1CC2CCN(C(=O)O)C12. The van der Waals surface area contributed by atoms with Gasteiger partial charge < -0.3 is 5.11 Å². The second kappa shape index (κ2) is 1.96. The highest BCUT2D eigenvalue weighted by atomic mass is 16.4. The van der Waals surface area contributed by atoms with Crippen molar-refractivity contribution in [1.82, 2.24) is 4.90 Å². The van der Waals surface area contributed by atoms with Gasteiger partial charge in [0.2, 0.25) is 0 Å². The summed E-state index contributed by atoms with van der Waals surface area (Å²) >= 11 is 0. The molecule has 0 aromatic rings. The summed E-state index contributed by atoms with van der Waals surface area (Å²) in [4.78, 5) is 22.7. The van der Waals surface area contributed by atoms with Crippen LogP contribution in [-0.4, -0.2) is 34.5 Å². The minimum atomic E-state index is -0.953. The molecule has 0 bridgehead atoms. The Balaban J connectivity index is 2.14. The predicted octanol–water partition coefficient (Wildman–Crippen LogP) is 0.328. The molecule has 2 fully saturated rings. The van der Waals surface area contributed by atoms with Crippen LogP contribution in [0, 0.1) is 5.92 Å². The average Bonchev–Trinajstić information content (AvgIpc) is 2.25. The molecule has 0 spiro atoms. The van der Waals surface area contributed by atoms with Gasteiger partial charge in [-0.3, -0.25) is 9.69 Å². The standard InChI is InChI=1S/C7H9NO3/c9-5-3-4-1-2-8(6(4)5)7(10)11/h4,6H,1-3H2,(H,10,11). The predicted molar refractivity (Wildman–Crippen MR) is 36.2 cm³/mol. The van der Waals surface area contributed by atoms with Gasteiger partial charge in [0.05, 0.1) is 6.04 Å². The summed E-state index contributed by atoms with van der Waals surface area (Å²) in [5.74, 6) is 0.425. The minimum Gasteiger partial charge on any atom is -0.465 e. The van der Waals surface area contributed by atoms with Gasteiger partial charge in [0, 0.05) is 13.0 Å². The van der Waals surface area contributed by atoms with E-state index in [4.69, 9.17) is 5.11 Å². The highest BCUT2D eigenvalue weighted by Crippen LogP contribution is 2.37. The number of carboxylic acid groups (broad SMARTS) is 1. The van der Waals surface area contributed by atoms with E-state index >= 15 is 0 Å². The minimum absolute atomic E-state index is 0.0925. The lowest BCUT2D eigenvalue weighted by molar-refractivity contribution is -0.132. The third-order valence-electron chi connectivity index (χ3n) is 2.56. The molecule has 1 saturated carbocycles. The van der Waals surface area contributed by atoms with E-state index in [-0.39, 0.29) is 11.8 Å². The Kier molecular flexibility index (Phi) is 1.19. The van der Waals surface area contributed by atoms with Gasteiger partial charge in [-0.05, 0) is 12.3 Å². The van der Waals surface area contributed by atoms with Gasteiger partial charge in [0.1, 0.15) is 0 Å². The molecule has 4 heteroatoms. The Labute approximate surface area is 63.8 Å². The molecule has 2 aliphatic rings.